The summed E-state index contributed by atoms with van der Waals surface area (Å²) in [7, 11) is 0. The van der Waals surface area contributed by atoms with Crippen molar-refractivity contribution in [3.8, 4) is 28.4 Å². The van der Waals surface area contributed by atoms with Crippen LogP contribution in [-0.2, 0) is 19.3 Å². The van der Waals surface area contributed by atoms with Crippen molar-refractivity contribution in [2.75, 3.05) is 0 Å². The number of benzene rings is 2. The Bertz CT molecular complexity index is 643. The molecule has 0 spiro atoms. The maximum atomic E-state index is 10.5. The first kappa shape index (κ1) is 15.2. The molecule has 0 fully saturated rings. The number of phenolic OH excluding ortho intramolecular Hbond substituents is 3. The van der Waals surface area contributed by atoms with E-state index in [4.69, 9.17) is 0 Å². The van der Waals surface area contributed by atoms with Crippen LogP contribution in [0, 0.1) is 0 Å². The lowest BCUT2D eigenvalue weighted by Gasteiger charge is -2.18. The van der Waals surface area contributed by atoms with Crippen molar-refractivity contribution in [2.24, 2.45) is 0 Å². The minimum absolute atomic E-state index is 0.0638. The zero-order valence-electron chi connectivity index (χ0n) is 12.8. The summed E-state index contributed by atoms with van der Waals surface area (Å²) in [6.45, 7) is 5.82. The van der Waals surface area contributed by atoms with Crippen LogP contribution in [0.4, 0.5) is 0 Å². The zero-order chi connectivity index (χ0) is 15.6. The van der Waals surface area contributed by atoms with Gasteiger partial charge >= 0.3 is 0 Å². The quantitative estimate of drug-likeness (QED) is 0.584. The third kappa shape index (κ3) is 2.56. The Morgan fingerprint density at radius 1 is 0.667 bits per heavy atom. The number of hydrogen-bond donors (Lipinski definition) is 3. The lowest BCUT2D eigenvalue weighted by molar-refractivity contribution is 0.387. The molecule has 3 N–H and O–H groups in total. The molecule has 3 nitrogen and oxygen atoms in total. The number of aromatic hydroxyl groups is 3. The molecule has 0 amide bonds. The summed E-state index contributed by atoms with van der Waals surface area (Å²) in [4.78, 5) is 0. The summed E-state index contributed by atoms with van der Waals surface area (Å²) in [6.07, 6.45) is 1.94. The van der Waals surface area contributed by atoms with Gasteiger partial charge in [0.25, 0.3) is 0 Å². The third-order valence-electron chi connectivity index (χ3n) is 3.98. The number of phenols is 3. The largest absolute Gasteiger partial charge is 0.507 e. The minimum atomic E-state index is -0.208. The van der Waals surface area contributed by atoms with Gasteiger partial charge in [-0.2, -0.15) is 0 Å². The third-order valence-corrected chi connectivity index (χ3v) is 3.98. The van der Waals surface area contributed by atoms with Gasteiger partial charge in [0.15, 0.2) is 11.5 Å². The average Bonchev–Trinajstić information content (AvgIpc) is 2.51. The molecule has 2 aromatic carbocycles. The molecule has 0 unspecified atom stereocenters. The second-order valence-corrected chi connectivity index (χ2v) is 5.14. The van der Waals surface area contributed by atoms with Crippen molar-refractivity contribution in [3.05, 3.63) is 41.0 Å². The average molecular weight is 286 g/mol. The van der Waals surface area contributed by atoms with E-state index in [1.807, 2.05) is 38.1 Å². The molecule has 0 saturated heterocycles. The molecule has 0 bridgehead atoms. The van der Waals surface area contributed by atoms with E-state index in [0.717, 1.165) is 12.0 Å². The molecule has 0 heterocycles. The Morgan fingerprint density at radius 3 is 1.67 bits per heavy atom. The Balaban J connectivity index is 2.73. The SMILES string of the molecule is CCc1ccc(-c2c(O)c(CC)c(O)c(O)c2CC)cc1. The molecule has 21 heavy (non-hydrogen) atoms. The van der Waals surface area contributed by atoms with Crippen LogP contribution < -0.4 is 0 Å². The molecule has 0 atom stereocenters. The van der Waals surface area contributed by atoms with Crippen molar-refractivity contribution >= 4 is 0 Å². The topological polar surface area (TPSA) is 60.7 Å². The second kappa shape index (κ2) is 6.08. The molecule has 112 valence electrons. The van der Waals surface area contributed by atoms with Gasteiger partial charge in [-0.05, 0) is 30.4 Å². The van der Waals surface area contributed by atoms with Crippen LogP contribution >= 0.6 is 0 Å². The van der Waals surface area contributed by atoms with E-state index in [-0.39, 0.29) is 17.2 Å². The second-order valence-electron chi connectivity index (χ2n) is 5.14. The number of rotatable bonds is 4. The summed E-state index contributed by atoms with van der Waals surface area (Å²) >= 11 is 0. The molecule has 0 saturated carbocycles. The first-order chi connectivity index (χ1) is 10.0. The summed E-state index contributed by atoms with van der Waals surface area (Å²) in [5.74, 6) is -0.267. The summed E-state index contributed by atoms with van der Waals surface area (Å²) in [5.41, 5.74) is 3.65. The van der Waals surface area contributed by atoms with Crippen molar-refractivity contribution in [1.82, 2.24) is 0 Å². The molecule has 0 aliphatic carbocycles. The highest BCUT2D eigenvalue weighted by Gasteiger charge is 2.22. The molecule has 0 aliphatic rings. The highest BCUT2D eigenvalue weighted by molar-refractivity contribution is 5.80. The van der Waals surface area contributed by atoms with Gasteiger partial charge < -0.3 is 15.3 Å². The van der Waals surface area contributed by atoms with Crippen molar-refractivity contribution in [2.45, 2.75) is 40.0 Å². The van der Waals surface area contributed by atoms with Crippen LogP contribution in [-0.4, -0.2) is 15.3 Å². The highest BCUT2D eigenvalue weighted by atomic mass is 16.3. The summed E-state index contributed by atoms with van der Waals surface area (Å²) in [6, 6.07) is 7.93. The van der Waals surface area contributed by atoms with Crippen molar-refractivity contribution in [1.29, 1.82) is 0 Å². The molecule has 0 aliphatic heterocycles. The van der Waals surface area contributed by atoms with Gasteiger partial charge in [-0.15, -0.1) is 0 Å². The molecule has 0 radical (unpaired) electrons. The van der Waals surface area contributed by atoms with Crippen LogP contribution in [0.15, 0.2) is 24.3 Å². The smallest absolute Gasteiger partial charge is 0.164 e. The minimum Gasteiger partial charge on any atom is -0.507 e. The van der Waals surface area contributed by atoms with Crippen LogP contribution in [0.1, 0.15) is 37.5 Å². The van der Waals surface area contributed by atoms with Crippen LogP contribution in [0.5, 0.6) is 17.2 Å². The number of aryl methyl sites for hydroxylation is 1. The molecule has 3 heteroatoms. The van der Waals surface area contributed by atoms with E-state index in [9.17, 15) is 15.3 Å². The predicted molar refractivity (Wildman–Crippen MR) is 85.0 cm³/mol. The van der Waals surface area contributed by atoms with E-state index in [1.165, 1.54) is 5.56 Å². The zero-order valence-corrected chi connectivity index (χ0v) is 12.8. The van der Waals surface area contributed by atoms with Crippen molar-refractivity contribution < 1.29 is 15.3 Å². The van der Waals surface area contributed by atoms with Crippen LogP contribution in [0.2, 0.25) is 0 Å². The summed E-state index contributed by atoms with van der Waals surface area (Å²) < 4.78 is 0. The molecule has 0 aromatic heterocycles. The van der Waals surface area contributed by atoms with Gasteiger partial charge in [0.05, 0.1) is 0 Å². The van der Waals surface area contributed by atoms with Gasteiger partial charge in [0.1, 0.15) is 5.75 Å². The predicted octanol–water partition coefficient (Wildman–Crippen LogP) is 4.16. The monoisotopic (exact) mass is 286 g/mol. The fourth-order valence-electron chi connectivity index (χ4n) is 2.71. The lowest BCUT2D eigenvalue weighted by atomic mass is 9.91. The maximum absolute atomic E-state index is 10.5. The van der Waals surface area contributed by atoms with Gasteiger partial charge in [-0.25, -0.2) is 0 Å². The Kier molecular flexibility index (Phi) is 4.41. The van der Waals surface area contributed by atoms with Gasteiger partial charge in [-0.3, -0.25) is 0 Å². The highest BCUT2D eigenvalue weighted by Crippen LogP contribution is 2.47. The normalized spacial score (nSPS) is 10.8. The molecule has 2 rings (SSSR count). The van der Waals surface area contributed by atoms with Gasteiger partial charge in [0, 0.05) is 16.7 Å². The van der Waals surface area contributed by atoms with Gasteiger partial charge in [0.2, 0.25) is 0 Å². The van der Waals surface area contributed by atoms with Crippen LogP contribution in [0.3, 0.4) is 0 Å². The van der Waals surface area contributed by atoms with E-state index >= 15 is 0 Å². The fourth-order valence-corrected chi connectivity index (χ4v) is 2.71. The van der Waals surface area contributed by atoms with Gasteiger partial charge in [-0.1, -0.05) is 45.0 Å². The standard InChI is InChI=1S/C18H22O3/c1-4-11-7-9-12(10-8-11)15-13(5-2)17(20)18(21)14(6-3)16(15)19/h7-10,19-21H,4-6H2,1-3H3. The maximum Gasteiger partial charge on any atom is 0.164 e. The van der Waals surface area contributed by atoms with E-state index in [2.05, 4.69) is 6.92 Å². The lowest BCUT2D eigenvalue weighted by Crippen LogP contribution is -1.95. The Labute approximate surface area is 125 Å². The molecular weight excluding hydrogens is 264 g/mol. The van der Waals surface area contributed by atoms with Crippen molar-refractivity contribution in [3.63, 3.8) is 0 Å². The van der Waals surface area contributed by atoms with E-state index in [1.54, 1.807) is 0 Å². The fraction of sp³-hybridized carbons (Fsp3) is 0.333. The first-order valence-corrected chi connectivity index (χ1v) is 7.42. The van der Waals surface area contributed by atoms with Crippen LogP contribution in [0.25, 0.3) is 11.1 Å². The molecule has 2 aromatic rings. The summed E-state index contributed by atoms with van der Waals surface area (Å²) in [5, 5.41) is 30.8. The number of hydrogen-bond acceptors (Lipinski definition) is 3. The Morgan fingerprint density at radius 2 is 1.19 bits per heavy atom. The van der Waals surface area contributed by atoms with E-state index < -0.39 is 0 Å². The van der Waals surface area contributed by atoms with E-state index in [0.29, 0.717) is 29.5 Å². The first-order valence-electron chi connectivity index (χ1n) is 7.42. The molecular formula is C18H22O3. The Hall–Kier alpha value is -2.16.